The van der Waals surface area contributed by atoms with Crippen molar-refractivity contribution in [3.8, 4) is 0 Å². The second-order valence-corrected chi connectivity index (χ2v) is 9.01. The topological polar surface area (TPSA) is 0 Å². The van der Waals surface area contributed by atoms with E-state index in [-0.39, 0.29) is 5.82 Å². The molecule has 0 aromatic heterocycles. The summed E-state index contributed by atoms with van der Waals surface area (Å²) in [6, 6.07) is 12.2. The molecule has 0 heterocycles. The summed E-state index contributed by atoms with van der Waals surface area (Å²) in [5.41, 5.74) is 2.28. The molecule has 3 aromatic carbocycles. The average molecular weight is 443 g/mol. The van der Waals surface area contributed by atoms with E-state index in [1.807, 2.05) is 18.2 Å². The zero-order chi connectivity index (χ0) is 22.0. The minimum absolute atomic E-state index is 0.256. The van der Waals surface area contributed by atoms with Crippen LogP contribution in [-0.2, 0) is 12.8 Å². The summed E-state index contributed by atoms with van der Waals surface area (Å²) in [6.07, 6.45) is 8.56. The molecule has 0 N–H and O–H groups in total. The zero-order valence-corrected chi connectivity index (χ0v) is 18.2. The Bertz CT molecular complexity index is 1070. The Morgan fingerprint density at radius 1 is 0.903 bits per heavy atom. The van der Waals surface area contributed by atoms with Gasteiger partial charge in [-0.3, -0.25) is 0 Å². The van der Waals surface area contributed by atoms with Crippen molar-refractivity contribution in [3.05, 3.63) is 94.3 Å². The molecule has 3 aromatic rings. The van der Waals surface area contributed by atoms with Crippen LogP contribution in [0.15, 0.2) is 55.1 Å². The average Bonchev–Trinajstić information content (AvgIpc) is 2.77. The molecular weight excluding hydrogens is 417 g/mol. The van der Waals surface area contributed by atoms with Crippen LogP contribution in [-0.4, -0.2) is 0 Å². The van der Waals surface area contributed by atoms with E-state index in [1.165, 1.54) is 43.4 Å². The Morgan fingerprint density at radius 2 is 1.61 bits per heavy atom. The maximum absolute atomic E-state index is 15.1. The van der Waals surface area contributed by atoms with Crippen LogP contribution in [0.25, 0.3) is 10.8 Å². The lowest BCUT2D eigenvalue weighted by atomic mass is 9.77. The van der Waals surface area contributed by atoms with Gasteiger partial charge < -0.3 is 0 Å². The summed E-state index contributed by atoms with van der Waals surface area (Å²) < 4.78 is 42.4. The van der Waals surface area contributed by atoms with Crippen LogP contribution < -0.4 is 0 Å². The van der Waals surface area contributed by atoms with Crippen LogP contribution in [0, 0.1) is 23.4 Å². The number of benzene rings is 3. The molecule has 1 saturated carbocycles. The monoisotopic (exact) mass is 442 g/mol. The summed E-state index contributed by atoms with van der Waals surface area (Å²) in [7, 11) is 0. The highest BCUT2D eigenvalue weighted by atomic mass is 35.5. The minimum atomic E-state index is -0.790. The lowest BCUT2D eigenvalue weighted by Gasteiger charge is -2.28. The van der Waals surface area contributed by atoms with E-state index in [1.54, 1.807) is 6.07 Å². The summed E-state index contributed by atoms with van der Waals surface area (Å²) in [4.78, 5) is 0. The van der Waals surface area contributed by atoms with E-state index in [0.717, 1.165) is 17.7 Å². The molecule has 0 aliphatic heterocycles. The van der Waals surface area contributed by atoms with Crippen LogP contribution in [0.5, 0.6) is 0 Å². The van der Waals surface area contributed by atoms with E-state index < -0.39 is 16.7 Å². The van der Waals surface area contributed by atoms with Crippen LogP contribution in [0.4, 0.5) is 13.2 Å². The lowest BCUT2D eigenvalue weighted by molar-refractivity contribution is 0.328. The van der Waals surface area contributed by atoms with Gasteiger partial charge in [0, 0.05) is 5.39 Å². The van der Waals surface area contributed by atoms with E-state index in [9.17, 15) is 8.78 Å². The van der Waals surface area contributed by atoms with Crippen LogP contribution in [0.1, 0.15) is 54.7 Å². The maximum atomic E-state index is 15.1. The summed E-state index contributed by atoms with van der Waals surface area (Å²) in [5, 5.41) is 0.983. The Labute approximate surface area is 186 Å². The highest BCUT2D eigenvalue weighted by Crippen LogP contribution is 2.38. The molecule has 31 heavy (non-hydrogen) atoms. The second kappa shape index (κ2) is 9.48. The SMILES string of the molecule is C=CCC1CCC(c2ccc3c(F)c(CCc4cc(F)c(Cl)c(F)c4)ccc3c2)CC1. The molecule has 0 saturated heterocycles. The number of aryl methyl sites for hydroxylation is 2. The first-order valence-corrected chi connectivity index (χ1v) is 11.3. The van der Waals surface area contributed by atoms with Gasteiger partial charge in [0.05, 0.1) is 0 Å². The Balaban J connectivity index is 1.49. The van der Waals surface area contributed by atoms with E-state index in [0.29, 0.717) is 35.3 Å². The maximum Gasteiger partial charge on any atom is 0.145 e. The van der Waals surface area contributed by atoms with Gasteiger partial charge >= 0.3 is 0 Å². The first kappa shape index (κ1) is 22.0. The number of rotatable bonds is 6. The third-order valence-corrected chi connectivity index (χ3v) is 6.96. The molecule has 1 aliphatic rings. The number of hydrogen-bond donors (Lipinski definition) is 0. The lowest BCUT2D eigenvalue weighted by Crippen LogP contribution is -2.12. The molecule has 0 radical (unpaired) electrons. The summed E-state index contributed by atoms with van der Waals surface area (Å²) in [5.74, 6) is -0.559. The van der Waals surface area contributed by atoms with Crippen molar-refractivity contribution in [3.63, 3.8) is 0 Å². The standard InChI is InChI=1S/C27H26ClF3/c1-2-3-17-4-7-19(8-5-17)21-12-13-23-22(16-21)11-10-20(27(23)31)9-6-18-14-24(29)26(28)25(30)15-18/h2,10-17,19H,1,3-9H2. The predicted octanol–water partition coefficient (Wildman–Crippen LogP) is 8.55. The van der Waals surface area contributed by atoms with Gasteiger partial charge in [-0.25, -0.2) is 13.2 Å². The fourth-order valence-electron chi connectivity index (χ4n) is 4.80. The zero-order valence-electron chi connectivity index (χ0n) is 17.4. The van der Waals surface area contributed by atoms with Crippen molar-refractivity contribution in [1.29, 1.82) is 0 Å². The largest absolute Gasteiger partial charge is 0.206 e. The second-order valence-electron chi connectivity index (χ2n) is 8.63. The summed E-state index contributed by atoms with van der Waals surface area (Å²) >= 11 is 5.53. The van der Waals surface area contributed by atoms with Gasteiger partial charge in [-0.05, 0) is 91.0 Å². The normalized spacial score (nSPS) is 19.0. The predicted molar refractivity (Wildman–Crippen MR) is 122 cm³/mol. The van der Waals surface area contributed by atoms with Gasteiger partial charge in [-0.1, -0.05) is 48.0 Å². The van der Waals surface area contributed by atoms with E-state index in [4.69, 9.17) is 11.6 Å². The molecule has 4 rings (SSSR count). The smallest absolute Gasteiger partial charge is 0.145 e. The van der Waals surface area contributed by atoms with E-state index >= 15 is 4.39 Å². The van der Waals surface area contributed by atoms with Crippen molar-refractivity contribution in [2.75, 3.05) is 0 Å². The number of halogens is 4. The van der Waals surface area contributed by atoms with Crippen LogP contribution in [0.2, 0.25) is 5.02 Å². The van der Waals surface area contributed by atoms with Gasteiger partial charge in [0.15, 0.2) is 0 Å². The molecule has 0 amide bonds. The molecule has 0 nitrogen and oxygen atoms in total. The van der Waals surface area contributed by atoms with Crippen molar-refractivity contribution < 1.29 is 13.2 Å². The number of fused-ring (bicyclic) bond motifs is 1. The van der Waals surface area contributed by atoms with Crippen molar-refractivity contribution in [2.24, 2.45) is 5.92 Å². The fraction of sp³-hybridized carbons (Fsp3) is 0.333. The molecule has 1 fully saturated rings. The van der Waals surface area contributed by atoms with Gasteiger partial charge in [0.2, 0.25) is 0 Å². The third kappa shape index (κ3) is 4.82. The number of hydrogen-bond acceptors (Lipinski definition) is 0. The molecular formula is C27H26ClF3. The molecule has 0 bridgehead atoms. The third-order valence-electron chi connectivity index (χ3n) is 6.60. The number of allylic oxidation sites excluding steroid dienone is 1. The van der Waals surface area contributed by atoms with Gasteiger partial charge in [0.25, 0.3) is 0 Å². The first-order chi connectivity index (χ1) is 15.0. The molecule has 4 heteroatoms. The molecule has 0 atom stereocenters. The van der Waals surface area contributed by atoms with Gasteiger partial charge in [-0.15, -0.1) is 6.58 Å². The highest BCUT2D eigenvalue weighted by molar-refractivity contribution is 6.30. The molecule has 0 spiro atoms. The van der Waals surface area contributed by atoms with Gasteiger partial charge in [-0.2, -0.15) is 0 Å². The van der Waals surface area contributed by atoms with Crippen molar-refractivity contribution in [1.82, 2.24) is 0 Å². The van der Waals surface area contributed by atoms with Crippen LogP contribution >= 0.6 is 11.6 Å². The first-order valence-electron chi connectivity index (χ1n) is 10.9. The molecule has 0 unspecified atom stereocenters. The van der Waals surface area contributed by atoms with Crippen LogP contribution in [0.3, 0.4) is 0 Å². The Hall–Kier alpha value is -2.26. The van der Waals surface area contributed by atoms with Crippen molar-refractivity contribution in [2.45, 2.75) is 50.9 Å². The molecule has 1 aliphatic carbocycles. The van der Waals surface area contributed by atoms with Crippen molar-refractivity contribution >= 4 is 22.4 Å². The van der Waals surface area contributed by atoms with E-state index in [2.05, 4.69) is 18.7 Å². The Kier molecular flexibility index (Phi) is 6.71. The Morgan fingerprint density at radius 3 is 2.29 bits per heavy atom. The van der Waals surface area contributed by atoms with Gasteiger partial charge in [0.1, 0.15) is 22.5 Å². The molecule has 162 valence electrons. The fourth-order valence-corrected chi connectivity index (χ4v) is 4.91. The highest BCUT2D eigenvalue weighted by Gasteiger charge is 2.22. The summed E-state index contributed by atoms with van der Waals surface area (Å²) in [6.45, 7) is 3.85. The minimum Gasteiger partial charge on any atom is -0.206 e. The quantitative estimate of drug-likeness (QED) is 0.265.